The minimum absolute atomic E-state index is 0.232. The van der Waals surface area contributed by atoms with Gasteiger partial charge in [0.25, 0.3) is 0 Å². The summed E-state index contributed by atoms with van der Waals surface area (Å²) in [5.41, 5.74) is 0.232. The molecular weight excluding hydrogens is 256 g/mol. The fourth-order valence-corrected chi connectivity index (χ4v) is 5.24. The van der Waals surface area contributed by atoms with Crippen LogP contribution in [0.3, 0.4) is 0 Å². The molecule has 0 bridgehead atoms. The van der Waals surface area contributed by atoms with Crippen molar-refractivity contribution in [1.29, 1.82) is 0 Å². The van der Waals surface area contributed by atoms with Gasteiger partial charge in [0.1, 0.15) is 0 Å². The second-order valence-electron chi connectivity index (χ2n) is 6.61. The summed E-state index contributed by atoms with van der Waals surface area (Å²) in [5.74, 6) is 3.43. The first kappa shape index (κ1) is 14.2. The Bertz CT molecular complexity index is 288. The molecule has 3 aliphatic heterocycles. The molecule has 0 aliphatic carbocycles. The van der Waals surface area contributed by atoms with Gasteiger partial charge in [0.2, 0.25) is 0 Å². The number of hydrogen-bond acceptors (Lipinski definition) is 4. The molecule has 1 N–H and O–H groups in total. The maximum absolute atomic E-state index is 6.14. The summed E-state index contributed by atoms with van der Waals surface area (Å²) in [5, 5.41) is 3.47. The van der Waals surface area contributed by atoms with Crippen molar-refractivity contribution in [1.82, 2.24) is 10.2 Å². The largest absolute Gasteiger partial charge is 0.374 e. The summed E-state index contributed by atoms with van der Waals surface area (Å²) in [6.07, 6.45) is 6.48. The van der Waals surface area contributed by atoms with Gasteiger partial charge in [0.15, 0.2) is 0 Å². The minimum atomic E-state index is 0.232. The number of nitrogens with zero attached hydrogens (tertiary/aromatic N) is 1. The topological polar surface area (TPSA) is 24.5 Å². The minimum Gasteiger partial charge on any atom is -0.374 e. The van der Waals surface area contributed by atoms with Crippen molar-refractivity contribution in [2.45, 2.75) is 43.7 Å². The Morgan fingerprint density at radius 3 is 2.89 bits per heavy atom. The molecule has 3 aliphatic rings. The first-order valence-electron chi connectivity index (χ1n) is 7.90. The molecule has 3 fully saturated rings. The van der Waals surface area contributed by atoms with Crippen molar-refractivity contribution >= 4 is 11.8 Å². The molecule has 3 heterocycles. The molecule has 3 rings (SSSR count). The van der Waals surface area contributed by atoms with Gasteiger partial charge in [0.05, 0.1) is 5.60 Å². The lowest BCUT2D eigenvalue weighted by Gasteiger charge is -2.42. The second kappa shape index (κ2) is 6.33. The predicted molar refractivity (Wildman–Crippen MR) is 81.9 cm³/mol. The van der Waals surface area contributed by atoms with Crippen molar-refractivity contribution in [3.05, 3.63) is 0 Å². The zero-order valence-electron chi connectivity index (χ0n) is 12.2. The van der Waals surface area contributed by atoms with Crippen LogP contribution in [0.5, 0.6) is 0 Å². The fourth-order valence-electron chi connectivity index (χ4n) is 3.86. The van der Waals surface area contributed by atoms with Gasteiger partial charge in [-0.05, 0) is 63.9 Å². The third-order valence-electron chi connectivity index (χ3n) is 5.16. The third kappa shape index (κ3) is 3.46. The van der Waals surface area contributed by atoms with Gasteiger partial charge in [-0.3, -0.25) is 0 Å². The van der Waals surface area contributed by atoms with Crippen LogP contribution >= 0.6 is 11.8 Å². The van der Waals surface area contributed by atoms with Crippen LogP contribution in [0, 0.1) is 5.92 Å². The van der Waals surface area contributed by atoms with Crippen molar-refractivity contribution < 1.29 is 4.74 Å². The Morgan fingerprint density at radius 1 is 1.32 bits per heavy atom. The van der Waals surface area contributed by atoms with E-state index >= 15 is 0 Å². The molecule has 0 saturated carbocycles. The van der Waals surface area contributed by atoms with Crippen molar-refractivity contribution in [3.63, 3.8) is 0 Å². The van der Waals surface area contributed by atoms with Crippen LogP contribution in [0.15, 0.2) is 0 Å². The molecule has 2 unspecified atom stereocenters. The molecule has 3 saturated heterocycles. The van der Waals surface area contributed by atoms with Crippen LogP contribution in [-0.4, -0.2) is 61.3 Å². The van der Waals surface area contributed by atoms with E-state index in [4.69, 9.17) is 4.74 Å². The Kier molecular flexibility index (Phi) is 4.73. The van der Waals surface area contributed by atoms with Crippen LogP contribution in [0.25, 0.3) is 0 Å². The molecule has 4 heteroatoms. The smallest absolute Gasteiger partial charge is 0.0795 e. The summed E-state index contributed by atoms with van der Waals surface area (Å²) >= 11 is 2.08. The molecule has 2 atom stereocenters. The Labute approximate surface area is 121 Å². The van der Waals surface area contributed by atoms with E-state index in [-0.39, 0.29) is 5.60 Å². The van der Waals surface area contributed by atoms with Crippen LogP contribution in [-0.2, 0) is 4.74 Å². The fraction of sp³-hybridized carbons (Fsp3) is 1.00. The van der Waals surface area contributed by atoms with Crippen molar-refractivity contribution in [2.75, 3.05) is 44.8 Å². The van der Waals surface area contributed by atoms with Crippen molar-refractivity contribution in [2.24, 2.45) is 5.92 Å². The highest BCUT2D eigenvalue weighted by Crippen LogP contribution is 2.39. The van der Waals surface area contributed by atoms with Gasteiger partial charge < -0.3 is 15.0 Å². The lowest BCUT2D eigenvalue weighted by Crippen LogP contribution is -2.49. The normalized spacial score (nSPS) is 37.3. The summed E-state index contributed by atoms with van der Waals surface area (Å²) in [6, 6.07) is 0.752. The van der Waals surface area contributed by atoms with Gasteiger partial charge in [-0.15, -0.1) is 0 Å². The summed E-state index contributed by atoms with van der Waals surface area (Å²) in [7, 11) is 2.34. The van der Waals surface area contributed by atoms with Gasteiger partial charge >= 0.3 is 0 Å². The van der Waals surface area contributed by atoms with E-state index in [2.05, 4.69) is 29.0 Å². The number of piperidine rings is 1. The van der Waals surface area contributed by atoms with Gasteiger partial charge in [-0.1, -0.05) is 0 Å². The lowest BCUT2D eigenvalue weighted by molar-refractivity contribution is -0.0880. The number of thioether (sulfide) groups is 1. The van der Waals surface area contributed by atoms with Gasteiger partial charge in [0, 0.05) is 24.9 Å². The van der Waals surface area contributed by atoms with Gasteiger partial charge in [-0.25, -0.2) is 0 Å². The van der Waals surface area contributed by atoms with E-state index in [0.717, 1.165) is 18.6 Å². The number of hydrogen-bond donors (Lipinski definition) is 1. The molecule has 3 nitrogen and oxygen atoms in total. The lowest BCUT2D eigenvalue weighted by atomic mass is 9.88. The summed E-state index contributed by atoms with van der Waals surface area (Å²) in [4.78, 5) is 2.64. The van der Waals surface area contributed by atoms with E-state index in [1.165, 1.54) is 63.2 Å². The zero-order chi connectivity index (χ0) is 13.1. The molecule has 0 radical (unpaired) electrons. The SMILES string of the molecule is CN(CC1CCNCC1)C1CCOC2(CCSC2)C1. The predicted octanol–water partition coefficient (Wildman–Crippen LogP) is 1.97. The van der Waals surface area contributed by atoms with E-state index in [0.29, 0.717) is 0 Å². The molecule has 0 aromatic carbocycles. The van der Waals surface area contributed by atoms with E-state index in [1.807, 2.05) is 0 Å². The van der Waals surface area contributed by atoms with Crippen molar-refractivity contribution in [3.8, 4) is 0 Å². The molecule has 1 spiro atoms. The number of rotatable bonds is 3. The maximum Gasteiger partial charge on any atom is 0.0795 e. The molecule has 110 valence electrons. The van der Waals surface area contributed by atoms with Crippen LogP contribution in [0.2, 0.25) is 0 Å². The first-order valence-corrected chi connectivity index (χ1v) is 9.06. The highest BCUT2D eigenvalue weighted by atomic mass is 32.2. The number of ether oxygens (including phenoxy) is 1. The average molecular weight is 284 g/mol. The molecule has 0 amide bonds. The monoisotopic (exact) mass is 284 g/mol. The van der Waals surface area contributed by atoms with E-state index in [9.17, 15) is 0 Å². The Hall–Kier alpha value is 0.230. The summed E-state index contributed by atoms with van der Waals surface area (Å²) < 4.78 is 6.14. The quantitative estimate of drug-likeness (QED) is 0.856. The number of nitrogens with one attached hydrogen (secondary N) is 1. The average Bonchev–Trinajstić information content (AvgIpc) is 2.88. The van der Waals surface area contributed by atoms with Crippen LogP contribution < -0.4 is 5.32 Å². The molecule has 0 aromatic rings. The Morgan fingerprint density at radius 2 is 2.16 bits per heavy atom. The first-order chi connectivity index (χ1) is 9.27. The molecular formula is C15H28N2OS. The van der Waals surface area contributed by atoms with Crippen LogP contribution in [0.1, 0.15) is 32.1 Å². The standard InChI is InChI=1S/C15H28N2OS/c1-17(11-13-2-6-16-7-3-13)14-4-8-18-15(10-14)5-9-19-12-15/h13-14,16H,2-12H2,1H3. The third-order valence-corrected chi connectivity index (χ3v) is 6.39. The highest BCUT2D eigenvalue weighted by molar-refractivity contribution is 7.99. The Balaban J connectivity index is 1.52. The highest BCUT2D eigenvalue weighted by Gasteiger charge is 2.41. The second-order valence-corrected chi connectivity index (χ2v) is 7.72. The molecule has 19 heavy (non-hydrogen) atoms. The van der Waals surface area contributed by atoms with Gasteiger partial charge in [-0.2, -0.15) is 11.8 Å². The van der Waals surface area contributed by atoms with E-state index < -0.39 is 0 Å². The molecule has 0 aromatic heterocycles. The van der Waals surface area contributed by atoms with Crippen LogP contribution in [0.4, 0.5) is 0 Å². The van der Waals surface area contributed by atoms with E-state index in [1.54, 1.807) is 0 Å². The zero-order valence-corrected chi connectivity index (χ0v) is 13.0. The maximum atomic E-state index is 6.14. The summed E-state index contributed by atoms with van der Waals surface area (Å²) in [6.45, 7) is 4.69.